The van der Waals surface area contributed by atoms with Crippen LogP contribution < -0.4 is 10.6 Å². The second-order valence-corrected chi connectivity index (χ2v) is 5.96. The lowest BCUT2D eigenvalue weighted by Gasteiger charge is -2.08. The first-order valence-corrected chi connectivity index (χ1v) is 8.15. The third-order valence-electron chi connectivity index (χ3n) is 2.94. The molecule has 0 aliphatic carbocycles. The molecule has 2 N–H and O–H groups in total. The van der Waals surface area contributed by atoms with Gasteiger partial charge in [0, 0.05) is 10.6 Å². The van der Waals surface area contributed by atoms with Gasteiger partial charge in [-0.2, -0.15) is 13.2 Å². The van der Waals surface area contributed by atoms with Crippen molar-refractivity contribution in [2.45, 2.75) is 12.7 Å². The highest BCUT2D eigenvalue weighted by atomic mass is 32.1. The highest BCUT2D eigenvalue weighted by Crippen LogP contribution is 2.30. The van der Waals surface area contributed by atoms with Crippen molar-refractivity contribution in [2.75, 3.05) is 11.9 Å². The predicted octanol–water partition coefficient (Wildman–Crippen LogP) is 3.02. The maximum atomic E-state index is 12.6. The summed E-state index contributed by atoms with van der Waals surface area (Å²) in [5, 5.41) is 10.0. The molecule has 0 bridgehead atoms. The van der Waals surface area contributed by atoms with Gasteiger partial charge in [-0.15, -0.1) is 11.3 Å². The number of halogens is 3. The Balaban J connectivity index is 1.73. The summed E-state index contributed by atoms with van der Waals surface area (Å²) in [6.45, 7) is -0.0294. The molecule has 0 atom stereocenters. The molecule has 2 aromatic rings. The van der Waals surface area contributed by atoms with Crippen LogP contribution in [0.2, 0.25) is 0 Å². The molecule has 0 radical (unpaired) electrons. The van der Waals surface area contributed by atoms with Crippen LogP contribution in [0.15, 0.2) is 46.9 Å². The number of benzene rings is 1. The lowest BCUT2D eigenvalue weighted by molar-refractivity contribution is -0.137. The second kappa shape index (κ2) is 8.99. The number of carbonyl (C=O) groups is 2. The number of nitrogens with zero attached hydrogens (tertiary/aromatic N) is 1. The monoisotopic (exact) mass is 385 g/mol. The van der Waals surface area contributed by atoms with Crippen molar-refractivity contribution >= 4 is 35.1 Å². The number of carbonyl (C=O) groups excluding carboxylic acids is 2. The molecule has 0 spiro atoms. The van der Waals surface area contributed by atoms with E-state index >= 15 is 0 Å². The second-order valence-electron chi connectivity index (χ2n) is 4.93. The highest BCUT2D eigenvalue weighted by molar-refractivity contribution is 7.09. The Morgan fingerprint density at radius 2 is 2.04 bits per heavy atom. The largest absolute Gasteiger partial charge is 0.416 e. The smallest absolute Gasteiger partial charge is 0.386 e. The Labute approximate surface area is 150 Å². The first-order valence-electron chi connectivity index (χ1n) is 7.27. The molecular weight excluding hydrogens is 371 g/mol. The van der Waals surface area contributed by atoms with Crippen LogP contribution in [0.5, 0.6) is 0 Å². The minimum absolute atomic E-state index is 0.0371. The van der Waals surface area contributed by atoms with E-state index in [4.69, 9.17) is 0 Å². The number of thiophene rings is 1. The molecule has 1 aromatic heterocycles. The van der Waals surface area contributed by atoms with E-state index in [1.807, 2.05) is 17.5 Å². The number of hydrogen-bond acceptors (Lipinski definition) is 5. The summed E-state index contributed by atoms with van der Waals surface area (Å²) in [6, 6.07) is 7.88. The SMILES string of the molecule is O=C(C=NOCC(=O)NCc1cccs1)Nc1cccc(C(F)(F)F)c1. The van der Waals surface area contributed by atoms with Crippen LogP contribution in [-0.2, 0) is 27.1 Å². The van der Waals surface area contributed by atoms with Gasteiger partial charge in [0.05, 0.1) is 12.1 Å². The van der Waals surface area contributed by atoms with E-state index in [9.17, 15) is 22.8 Å². The zero-order valence-electron chi connectivity index (χ0n) is 13.2. The summed E-state index contributed by atoms with van der Waals surface area (Å²) in [5.74, 6) is -1.21. The Bertz CT molecular complexity index is 777. The minimum atomic E-state index is -4.51. The molecule has 6 nitrogen and oxygen atoms in total. The summed E-state index contributed by atoms with van der Waals surface area (Å²) in [7, 11) is 0. The number of nitrogens with one attached hydrogen (secondary N) is 2. The van der Waals surface area contributed by atoms with Crippen molar-refractivity contribution in [3.63, 3.8) is 0 Å². The first-order chi connectivity index (χ1) is 12.3. The van der Waals surface area contributed by atoms with Crippen molar-refractivity contribution < 1.29 is 27.6 Å². The van der Waals surface area contributed by atoms with Gasteiger partial charge in [0.1, 0.15) is 6.21 Å². The van der Waals surface area contributed by atoms with Crippen molar-refractivity contribution in [1.29, 1.82) is 0 Å². The van der Waals surface area contributed by atoms with Crippen LogP contribution in [0.3, 0.4) is 0 Å². The molecule has 0 saturated heterocycles. The standard InChI is InChI=1S/C16H14F3N3O3S/c17-16(18,19)11-3-1-4-12(7-11)22-14(23)9-21-25-10-15(24)20-8-13-5-2-6-26-13/h1-7,9H,8,10H2,(H,20,24)(H,22,23). The van der Waals surface area contributed by atoms with Crippen LogP contribution in [0.1, 0.15) is 10.4 Å². The summed E-state index contributed by atoms with van der Waals surface area (Å²) in [6.07, 6.45) is -3.78. The van der Waals surface area contributed by atoms with Gasteiger partial charge in [0.25, 0.3) is 11.8 Å². The van der Waals surface area contributed by atoms with Crippen LogP contribution in [0, 0.1) is 0 Å². The van der Waals surface area contributed by atoms with Gasteiger partial charge in [0.2, 0.25) is 0 Å². The fourth-order valence-corrected chi connectivity index (χ4v) is 2.42. The number of rotatable bonds is 7. The van der Waals surface area contributed by atoms with E-state index in [1.165, 1.54) is 23.5 Å². The Morgan fingerprint density at radius 3 is 2.73 bits per heavy atom. The quantitative estimate of drug-likeness (QED) is 0.568. The number of amides is 2. The average molecular weight is 385 g/mol. The predicted molar refractivity (Wildman–Crippen MR) is 90.7 cm³/mol. The van der Waals surface area contributed by atoms with Crippen LogP contribution in [0.4, 0.5) is 18.9 Å². The van der Waals surface area contributed by atoms with Gasteiger partial charge in [-0.05, 0) is 29.6 Å². The maximum absolute atomic E-state index is 12.6. The van der Waals surface area contributed by atoms with E-state index < -0.39 is 30.2 Å². The molecule has 1 heterocycles. The average Bonchev–Trinajstić information content (AvgIpc) is 3.10. The van der Waals surface area contributed by atoms with Gasteiger partial charge in [0.15, 0.2) is 6.61 Å². The number of alkyl halides is 3. The maximum Gasteiger partial charge on any atom is 0.416 e. The van der Waals surface area contributed by atoms with Crippen molar-refractivity contribution in [3.05, 3.63) is 52.2 Å². The molecule has 0 aliphatic rings. The topological polar surface area (TPSA) is 79.8 Å². The third kappa shape index (κ3) is 6.55. The zero-order valence-corrected chi connectivity index (χ0v) is 14.1. The molecular formula is C16H14F3N3O3S. The van der Waals surface area contributed by atoms with E-state index in [1.54, 1.807) is 0 Å². The number of oxime groups is 1. The molecule has 1 aromatic carbocycles. The lowest BCUT2D eigenvalue weighted by Crippen LogP contribution is -2.26. The van der Waals surface area contributed by atoms with E-state index in [0.717, 1.165) is 23.2 Å². The van der Waals surface area contributed by atoms with E-state index in [2.05, 4.69) is 20.6 Å². The van der Waals surface area contributed by atoms with E-state index in [-0.39, 0.29) is 5.69 Å². The van der Waals surface area contributed by atoms with Gasteiger partial charge < -0.3 is 15.5 Å². The minimum Gasteiger partial charge on any atom is -0.386 e. The summed E-state index contributed by atoms with van der Waals surface area (Å²) in [5.41, 5.74) is -0.920. The van der Waals surface area contributed by atoms with Crippen molar-refractivity contribution in [3.8, 4) is 0 Å². The van der Waals surface area contributed by atoms with Gasteiger partial charge >= 0.3 is 6.18 Å². The first kappa shape index (κ1) is 19.4. The molecule has 2 rings (SSSR count). The Kier molecular flexibility index (Phi) is 6.73. The molecule has 0 aliphatic heterocycles. The summed E-state index contributed by atoms with van der Waals surface area (Å²) in [4.78, 5) is 28.7. The fourth-order valence-electron chi connectivity index (χ4n) is 1.78. The summed E-state index contributed by atoms with van der Waals surface area (Å²) < 4.78 is 37.8. The normalized spacial score (nSPS) is 11.3. The van der Waals surface area contributed by atoms with Crippen LogP contribution in [0.25, 0.3) is 0 Å². The molecule has 0 fully saturated rings. The molecule has 26 heavy (non-hydrogen) atoms. The molecule has 2 amide bonds. The van der Waals surface area contributed by atoms with Crippen LogP contribution >= 0.6 is 11.3 Å². The summed E-state index contributed by atoms with van der Waals surface area (Å²) >= 11 is 1.49. The lowest BCUT2D eigenvalue weighted by atomic mass is 10.2. The van der Waals surface area contributed by atoms with Crippen molar-refractivity contribution in [1.82, 2.24) is 5.32 Å². The molecule has 138 valence electrons. The molecule has 10 heteroatoms. The van der Waals surface area contributed by atoms with Crippen molar-refractivity contribution in [2.24, 2.45) is 5.16 Å². The third-order valence-corrected chi connectivity index (χ3v) is 3.81. The highest BCUT2D eigenvalue weighted by Gasteiger charge is 2.30. The van der Waals surface area contributed by atoms with Gasteiger partial charge in [-0.25, -0.2) is 0 Å². The Hall–Kier alpha value is -2.88. The Morgan fingerprint density at radius 1 is 1.23 bits per heavy atom. The van der Waals surface area contributed by atoms with E-state index in [0.29, 0.717) is 6.54 Å². The van der Waals surface area contributed by atoms with Gasteiger partial charge in [-0.1, -0.05) is 17.3 Å². The van der Waals surface area contributed by atoms with Gasteiger partial charge in [-0.3, -0.25) is 9.59 Å². The molecule has 0 saturated carbocycles. The zero-order chi connectivity index (χ0) is 19.0. The fraction of sp³-hybridized carbons (Fsp3) is 0.188. The number of anilines is 1. The molecule has 0 unspecified atom stereocenters. The van der Waals surface area contributed by atoms with Crippen LogP contribution in [-0.4, -0.2) is 24.6 Å². The number of hydrogen-bond donors (Lipinski definition) is 2.